The van der Waals surface area contributed by atoms with Crippen LogP contribution in [0.1, 0.15) is 112 Å². The lowest BCUT2D eigenvalue weighted by molar-refractivity contribution is -0.162. The molecule has 58 heavy (non-hydrogen) atoms. The molecule has 4 fully saturated rings. The highest BCUT2D eigenvalue weighted by Gasteiger charge is 2.76. The number of likely N-dealkylation sites (N-methyl/N-ethyl adjacent to an activating group) is 1. The molecule has 8 N–H and O–H groups in total. The zero-order valence-electron chi connectivity index (χ0n) is 34.2. The summed E-state index contributed by atoms with van der Waals surface area (Å²) in [5.74, 6) is -6.71. The molecule has 1 saturated carbocycles. The first-order chi connectivity index (χ1) is 26.9. The van der Waals surface area contributed by atoms with E-state index in [0.29, 0.717) is 38.0 Å². The van der Waals surface area contributed by atoms with Gasteiger partial charge in [-0.1, -0.05) is 19.8 Å². The van der Waals surface area contributed by atoms with Gasteiger partial charge in [0.25, 0.3) is 0 Å². The number of ether oxygens (including phenoxy) is 1. The standard InChI is InChI=1S/C38H60N6O13S/c1-34-13-7-8-14-35(2)15-16-36(3,38(5)37(4,21-34)57-38)43(17-18-58-35)30(51)25(19-28(48)49)44(34)29(50)24(39-6)20-40-26(45)11-9-22(31(52)53)41-33(56)42-23(32(54)55)10-12-27(46)47/h22-25,39H,7-21H2,1-6H3,(H,40,45)(H,46,47)(H,48,49)(H,52,53)(H,54,55)(H2,41,42,56). The highest BCUT2D eigenvalue weighted by atomic mass is 32.2. The summed E-state index contributed by atoms with van der Waals surface area (Å²) in [5.41, 5.74) is -3.42. The zero-order chi connectivity index (χ0) is 43.4. The van der Waals surface area contributed by atoms with Gasteiger partial charge in [0.1, 0.15) is 29.8 Å². The Morgan fingerprint density at radius 3 is 2.00 bits per heavy atom. The molecule has 0 aromatic rings. The lowest BCUT2D eigenvalue weighted by atomic mass is 9.69. The van der Waals surface area contributed by atoms with E-state index < -0.39 is 126 Å². The fourth-order valence-electron chi connectivity index (χ4n) is 9.36. The van der Waals surface area contributed by atoms with Gasteiger partial charge in [0.2, 0.25) is 17.7 Å². The summed E-state index contributed by atoms with van der Waals surface area (Å²) in [6.45, 7) is 10.2. The Hall–Kier alpha value is -4.17. The summed E-state index contributed by atoms with van der Waals surface area (Å²) in [7, 11) is 1.50. The number of carboxylic acids is 4. The molecule has 9 atom stereocenters. The number of carbonyl (C=O) groups excluding carboxylic acids is 4. The molecule has 9 unspecified atom stereocenters. The van der Waals surface area contributed by atoms with Gasteiger partial charge in [-0.05, 0) is 73.3 Å². The topological polar surface area (TPSA) is 285 Å². The minimum atomic E-state index is -1.64. The Morgan fingerprint density at radius 1 is 0.828 bits per heavy atom. The number of urea groups is 1. The number of fused-ring (bicyclic) bond motifs is 3. The average molecular weight is 841 g/mol. The second-order valence-corrected chi connectivity index (χ2v) is 18.8. The number of carboxylic acid groups (broad SMARTS) is 4. The number of amides is 5. The number of carbonyl (C=O) groups is 8. The van der Waals surface area contributed by atoms with Crippen LogP contribution in [-0.4, -0.2) is 155 Å². The van der Waals surface area contributed by atoms with Crippen LogP contribution >= 0.6 is 11.8 Å². The largest absolute Gasteiger partial charge is 0.481 e. The summed E-state index contributed by atoms with van der Waals surface area (Å²) in [6, 6.07) is -6.95. The van der Waals surface area contributed by atoms with Gasteiger partial charge >= 0.3 is 29.9 Å². The summed E-state index contributed by atoms with van der Waals surface area (Å²) < 4.78 is 6.68. The van der Waals surface area contributed by atoms with Crippen LogP contribution in [0.3, 0.4) is 0 Å². The minimum Gasteiger partial charge on any atom is -0.481 e. The van der Waals surface area contributed by atoms with Crippen LogP contribution in [0.15, 0.2) is 0 Å². The van der Waals surface area contributed by atoms with Gasteiger partial charge in [0.05, 0.1) is 17.6 Å². The third-order valence-corrected chi connectivity index (χ3v) is 14.5. The molecule has 3 saturated heterocycles. The number of hydrogen-bond acceptors (Lipinski definition) is 11. The van der Waals surface area contributed by atoms with E-state index in [1.807, 2.05) is 44.8 Å². The summed E-state index contributed by atoms with van der Waals surface area (Å²) in [4.78, 5) is 106. The second-order valence-electron chi connectivity index (χ2n) is 17.1. The maximum absolute atomic E-state index is 15.1. The molecule has 19 nitrogen and oxygen atoms in total. The van der Waals surface area contributed by atoms with Gasteiger partial charge in [-0.15, -0.1) is 0 Å². The monoisotopic (exact) mass is 840 g/mol. The van der Waals surface area contributed by atoms with Gasteiger partial charge in [0.15, 0.2) is 0 Å². The zero-order valence-corrected chi connectivity index (χ0v) is 35.0. The lowest BCUT2D eigenvalue weighted by Gasteiger charge is -2.50. The number of epoxide rings is 1. The molecule has 5 amide bonds. The molecule has 0 aromatic carbocycles. The number of rotatable bonds is 16. The normalized spacial score (nSPS) is 32.4. The van der Waals surface area contributed by atoms with Crippen molar-refractivity contribution >= 4 is 59.4 Å². The maximum Gasteiger partial charge on any atom is 0.326 e. The first-order valence-electron chi connectivity index (χ1n) is 19.8. The lowest BCUT2D eigenvalue weighted by Crippen LogP contribution is -2.67. The van der Waals surface area contributed by atoms with Gasteiger partial charge < -0.3 is 56.2 Å². The van der Waals surface area contributed by atoms with Crippen LogP contribution < -0.4 is 21.3 Å². The summed E-state index contributed by atoms with van der Waals surface area (Å²) >= 11 is 1.82. The second kappa shape index (κ2) is 18.0. The van der Waals surface area contributed by atoms with Gasteiger partial charge in [-0.25, -0.2) is 14.4 Å². The first-order valence-corrected chi connectivity index (χ1v) is 20.8. The molecule has 0 radical (unpaired) electrons. The Balaban J connectivity index is 1.58. The fraction of sp³-hybridized carbons (Fsp3) is 0.789. The fourth-order valence-corrected chi connectivity index (χ4v) is 10.7. The van der Waals surface area contributed by atoms with Crippen LogP contribution in [0, 0.1) is 0 Å². The van der Waals surface area contributed by atoms with Crippen molar-refractivity contribution in [2.45, 2.75) is 163 Å². The maximum atomic E-state index is 15.1. The highest BCUT2D eigenvalue weighted by molar-refractivity contribution is 8.00. The molecule has 20 heteroatoms. The SMILES string of the molecule is CNC(CNC(=O)CCC(NC(=O)NC(CCC(=O)O)C(=O)O)C(=O)O)C(=O)N1C(CC(=O)O)C(=O)N2CCSC3(C)CCCCC1(C)CC1(C)OC1(C)C2(C)CC3. The Labute approximate surface area is 342 Å². The van der Waals surface area contributed by atoms with Crippen LogP contribution in [0.4, 0.5) is 4.79 Å². The molecular weight excluding hydrogens is 781 g/mol. The third kappa shape index (κ3) is 9.98. The molecular formula is C38H60N6O13S. The average Bonchev–Trinajstić information content (AvgIpc) is 3.68. The van der Waals surface area contributed by atoms with E-state index >= 15 is 4.79 Å². The first kappa shape index (κ1) is 46.5. The predicted molar refractivity (Wildman–Crippen MR) is 209 cm³/mol. The molecule has 0 spiro atoms. The van der Waals surface area contributed by atoms with Gasteiger partial charge in [0, 0.05) is 48.4 Å². The Kier molecular flexibility index (Phi) is 14.4. The van der Waals surface area contributed by atoms with E-state index in [-0.39, 0.29) is 11.3 Å². The van der Waals surface area contributed by atoms with E-state index in [4.69, 9.17) is 9.84 Å². The van der Waals surface area contributed by atoms with E-state index in [1.165, 1.54) is 11.9 Å². The van der Waals surface area contributed by atoms with Crippen molar-refractivity contribution in [1.82, 2.24) is 31.1 Å². The van der Waals surface area contributed by atoms with Gasteiger partial charge in [-0.2, -0.15) is 11.8 Å². The number of nitrogens with one attached hydrogen (secondary N) is 4. The third-order valence-electron chi connectivity index (χ3n) is 13.0. The molecule has 1 aliphatic carbocycles. The Bertz CT molecular complexity index is 1650. The highest BCUT2D eigenvalue weighted by Crippen LogP contribution is 2.63. The Morgan fingerprint density at radius 2 is 1.43 bits per heavy atom. The number of aliphatic carboxylic acids is 4. The summed E-state index contributed by atoms with van der Waals surface area (Å²) in [6.07, 6.45) is 2.22. The van der Waals surface area contributed by atoms with E-state index in [9.17, 15) is 48.9 Å². The molecule has 4 rings (SSSR count). The van der Waals surface area contributed by atoms with Crippen molar-refractivity contribution in [3.8, 4) is 0 Å². The summed E-state index contributed by atoms with van der Waals surface area (Å²) in [5, 5.41) is 47.8. The smallest absolute Gasteiger partial charge is 0.326 e. The van der Waals surface area contributed by atoms with Crippen molar-refractivity contribution in [2.24, 2.45) is 0 Å². The molecule has 4 aliphatic rings. The van der Waals surface area contributed by atoms with Crippen molar-refractivity contribution in [2.75, 3.05) is 25.9 Å². The number of thioether (sulfide) groups is 1. The predicted octanol–water partition coefficient (Wildman–Crippen LogP) is 1.37. The van der Waals surface area contributed by atoms with Crippen LogP contribution in [-0.2, 0) is 38.3 Å². The van der Waals surface area contributed by atoms with Crippen LogP contribution in [0.2, 0.25) is 0 Å². The molecule has 326 valence electrons. The molecule has 3 aliphatic heterocycles. The van der Waals surface area contributed by atoms with Crippen molar-refractivity contribution < 1.29 is 63.5 Å². The van der Waals surface area contributed by atoms with E-state index in [2.05, 4.69) is 22.9 Å². The van der Waals surface area contributed by atoms with Crippen molar-refractivity contribution in [1.29, 1.82) is 0 Å². The minimum absolute atomic E-state index is 0.0349. The molecule has 3 heterocycles. The quantitative estimate of drug-likeness (QED) is 0.102. The number of hydrogen-bond donors (Lipinski definition) is 8. The molecule has 0 aromatic heterocycles. The van der Waals surface area contributed by atoms with Crippen molar-refractivity contribution in [3.05, 3.63) is 0 Å². The van der Waals surface area contributed by atoms with Crippen molar-refractivity contribution in [3.63, 3.8) is 0 Å². The van der Waals surface area contributed by atoms with Gasteiger partial charge in [-0.3, -0.25) is 24.0 Å². The van der Waals surface area contributed by atoms with Crippen LogP contribution in [0.25, 0.3) is 0 Å². The van der Waals surface area contributed by atoms with E-state index in [0.717, 1.165) is 19.3 Å². The molecule has 3 bridgehead atoms. The van der Waals surface area contributed by atoms with Crippen LogP contribution in [0.5, 0.6) is 0 Å². The van der Waals surface area contributed by atoms with E-state index in [1.54, 1.807) is 4.90 Å². The number of nitrogens with zero attached hydrogens (tertiary/aromatic N) is 2.